The Balaban J connectivity index is 2.70. The van der Waals surface area contributed by atoms with Crippen LogP contribution in [0, 0.1) is 0 Å². The van der Waals surface area contributed by atoms with Crippen molar-refractivity contribution in [3.8, 4) is 0 Å². The normalized spacial score (nSPS) is 20.6. The topological polar surface area (TPSA) is 38.5 Å². The molecule has 0 aromatic heterocycles. The molecule has 0 atom stereocenters. The lowest BCUT2D eigenvalue weighted by atomic mass is 9.79. The van der Waals surface area contributed by atoms with Gasteiger partial charge in [0.15, 0.2) is 0 Å². The Hall–Kier alpha value is -0.120. The van der Waals surface area contributed by atoms with Crippen LogP contribution in [0.25, 0.3) is 0 Å². The van der Waals surface area contributed by atoms with Gasteiger partial charge in [-0.3, -0.25) is 4.90 Å². The van der Waals surface area contributed by atoms with Crippen molar-refractivity contribution >= 4 is 0 Å². The molecule has 96 valence electrons. The predicted octanol–water partition coefficient (Wildman–Crippen LogP) is 2.00. The van der Waals surface area contributed by atoms with E-state index in [0.29, 0.717) is 6.04 Å². The van der Waals surface area contributed by atoms with Crippen molar-refractivity contribution in [2.45, 2.75) is 57.5 Å². The molecule has 0 amide bonds. The standard InChI is InChI=1S/C13H28N2O/c1-12(2)15(9-10-16-3)13(11-14)7-5-4-6-8-13/h12H,4-11,14H2,1-3H3. The number of methoxy groups -OCH3 is 1. The first-order valence-electron chi connectivity index (χ1n) is 6.62. The lowest BCUT2D eigenvalue weighted by molar-refractivity contribution is 0.0102. The van der Waals surface area contributed by atoms with Gasteiger partial charge in [0.1, 0.15) is 0 Å². The van der Waals surface area contributed by atoms with E-state index in [1.165, 1.54) is 32.1 Å². The van der Waals surface area contributed by atoms with Gasteiger partial charge >= 0.3 is 0 Å². The van der Waals surface area contributed by atoms with Crippen LogP contribution < -0.4 is 5.73 Å². The summed E-state index contributed by atoms with van der Waals surface area (Å²) in [5.74, 6) is 0. The number of hydrogen-bond acceptors (Lipinski definition) is 3. The van der Waals surface area contributed by atoms with E-state index in [1.807, 2.05) is 0 Å². The third kappa shape index (κ3) is 3.19. The summed E-state index contributed by atoms with van der Waals surface area (Å²) in [7, 11) is 1.77. The first-order chi connectivity index (χ1) is 7.66. The van der Waals surface area contributed by atoms with Gasteiger partial charge in [-0.05, 0) is 26.7 Å². The Morgan fingerprint density at radius 3 is 2.31 bits per heavy atom. The average molecular weight is 228 g/mol. The van der Waals surface area contributed by atoms with Crippen molar-refractivity contribution in [2.24, 2.45) is 5.73 Å². The monoisotopic (exact) mass is 228 g/mol. The number of ether oxygens (including phenoxy) is 1. The fourth-order valence-corrected chi connectivity index (χ4v) is 3.05. The Morgan fingerprint density at radius 1 is 1.25 bits per heavy atom. The van der Waals surface area contributed by atoms with Gasteiger partial charge in [-0.25, -0.2) is 0 Å². The van der Waals surface area contributed by atoms with E-state index in [9.17, 15) is 0 Å². The Morgan fingerprint density at radius 2 is 1.88 bits per heavy atom. The van der Waals surface area contributed by atoms with Crippen molar-refractivity contribution in [1.29, 1.82) is 0 Å². The maximum Gasteiger partial charge on any atom is 0.0590 e. The van der Waals surface area contributed by atoms with Gasteiger partial charge in [-0.1, -0.05) is 19.3 Å². The molecule has 3 nitrogen and oxygen atoms in total. The van der Waals surface area contributed by atoms with Crippen LogP contribution >= 0.6 is 0 Å². The predicted molar refractivity (Wildman–Crippen MR) is 68.6 cm³/mol. The van der Waals surface area contributed by atoms with Gasteiger partial charge in [0, 0.05) is 31.8 Å². The summed E-state index contributed by atoms with van der Waals surface area (Å²) < 4.78 is 5.22. The molecule has 0 bridgehead atoms. The highest BCUT2D eigenvalue weighted by atomic mass is 16.5. The molecule has 0 unspecified atom stereocenters. The van der Waals surface area contributed by atoms with E-state index in [1.54, 1.807) is 7.11 Å². The molecule has 0 spiro atoms. The maximum atomic E-state index is 6.07. The second kappa shape index (κ2) is 6.58. The zero-order chi connectivity index (χ0) is 12.0. The van der Waals surface area contributed by atoms with Crippen molar-refractivity contribution < 1.29 is 4.74 Å². The molecule has 0 aromatic rings. The van der Waals surface area contributed by atoms with Gasteiger partial charge in [0.05, 0.1) is 6.61 Å². The number of rotatable bonds is 6. The van der Waals surface area contributed by atoms with Gasteiger partial charge in [0.25, 0.3) is 0 Å². The molecular formula is C13H28N2O. The Bertz CT molecular complexity index is 188. The van der Waals surface area contributed by atoms with Crippen LogP contribution in [0.5, 0.6) is 0 Å². The minimum atomic E-state index is 0.241. The molecule has 1 saturated carbocycles. The Labute approximate surface area is 100 Å². The molecule has 0 saturated heterocycles. The van der Waals surface area contributed by atoms with Gasteiger partial charge < -0.3 is 10.5 Å². The highest BCUT2D eigenvalue weighted by Crippen LogP contribution is 2.34. The van der Waals surface area contributed by atoms with E-state index in [0.717, 1.165) is 19.7 Å². The summed E-state index contributed by atoms with van der Waals surface area (Å²) in [5.41, 5.74) is 6.31. The molecule has 0 heterocycles. The van der Waals surface area contributed by atoms with Crippen LogP contribution in [0.1, 0.15) is 46.0 Å². The molecule has 1 aliphatic rings. The summed E-state index contributed by atoms with van der Waals surface area (Å²) in [5, 5.41) is 0. The first kappa shape index (κ1) is 13.9. The highest BCUT2D eigenvalue weighted by molar-refractivity contribution is 4.95. The molecule has 1 aliphatic carbocycles. The van der Waals surface area contributed by atoms with Gasteiger partial charge in [0.2, 0.25) is 0 Å². The third-order valence-electron chi connectivity index (χ3n) is 3.93. The number of nitrogens with zero attached hydrogens (tertiary/aromatic N) is 1. The molecule has 0 aliphatic heterocycles. The zero-order valence-electron chi connectivity index (χ0n) is 11.2. The van der Waals surface area contributed by atoms with E-state index in [4.69, 9.17) is 10.5 Å². The molecule has 1 fully saturated rings. The van der Waals surface area contributed by atoms with Crippen molar-refractivity contribution in [2.75, 3.05) is 26.8 Å². The minimum absolute atomic E-state index is 0.241. The van der Waals surface area contributed by atoms with E-state index < -0.39 is 0 Å². The highest BCUT2D eigenvalue weighted by Gasteiger charge is 2.37. The largest absolute Gasteiger partial charge is 0.383 e. The third-order valence-corrected chi connectivity index (χ3v) is 3.93. The van der Waals surface area contributed by atoms with Crippen LogP contribution in [0.2, 0.25) is 0 Å². The molecule has 0 radical (unpaired) electrons. The summed E-state index contributed by atoms with van der Waals surface area (Å²) in [6.45, 7) is 7.13. The number of hydrogen-bond donors (Lipinski definition) is 1. The summed E-state index contributed by atoms with van der Waals surface area (Å²) in [6.07, 6.45) is 6.54. The van der Waals surface area contributed by atoms with Crippen LogP contribution in [0.15, 0.2) is 0 Å². The van der Waals surface area contributed by atoms with Crippen LogP contribution in [-0.2, 0) is 4.74 Å². The molecule has 0 aromatic carbocycles. The smallest absolute Gasteiger partial charge is 0.0590 e. The second-order valence-corrected chi connectivity index (χ2v) is 5.27. The van der Waals surface area contributed by atoms with Gasteiger partial charge in [-0.15, -0.1) is 0 Å². The lowest BCUT2D eigenvalue weighted by Gasteiger charge is -2.48. The van der Waals surface area contributed by atoms with Crippen molar-refractivity contribution in [3.05, 3.63) is 0 Å². The lowest BCUT2D eigenvalue weighted by Crippen LogP contribution is -2.58. The van der Waals surface area contributed by atoms with Crippen LogP contribution in [0.3, 0.4) is 0 Å². The van der Waals surface area contributed by atoms with E-state index in [2.05, 4.69) is 18.7 Å². The SMILES string of the molecule is COCCN(C(C)C)C1(CN)CCCCC1. The Kier molecular flexibility index (Phi) is 5.73. The average Bonchev–Trinajstić information content (AvgIpc) is 2.30. The molecule has 1 rings (SSSR count). The molecule has 16 heavy (non-hydrogen) atoms. The quantitative estimate of drug-likeness (QED) is 0.756. The number of nitrogens with two attached hydrogens (primary N) is 1. The summed E-state index contributed by atoms with van der Waals surface area (Å²) >= 11 is 0. The van der Waals surface area contributed by atoms with E-state index >= 15 is 0 Å². The van der Waals surface area contributed by atoms with Crippen molar-refractivity contribution in [1.82, 2.24) is 4.90 Å². The summed E-state index contributed by atoms with van der Waals surface area (Å²) in [6, 6.07) is 0.553. The van der Waals surface area contributed by atoms with Crippen LogP contribution in [-0.4, -0.2) is 43.3 Å². The van der Waals surface area contributed by atoms with Gasteiger partial charge in [-0.2, -0.15) is 0 Å². The van der Waals surface area contributed by atoms with E-state index in [-0.39, 0.29) is 5.54 Å². The summed E-state index contributed by atoms with van der Waals surface area (Å²) in [4.78, 5) is 2.57. The molecule has 2 N–H and O–H groups in total. The molecule has 3 heteroatoms. The van der Waals surface area contributed by atoms with Crippen molar-refractivity contribution in [3.63, 3.8) is 0 Å². The minimum Gasteiger partial charge on any atom is -0.383 e. The van der Waals surface area contributed by atoms with Crippen LogP contribution in [0.4, 0.5) is 0 Å². The molecular weight excluding hydrogens is 200 g/mol. The zero-order valence-corrected chi connectivity index (χ0v) is 11.2. The maximum absolute atomic E-state index is 6.07. The second-order valence-electron chi connectivity index (χ2n) is 5.27. The fraction of sp³-hybridized carbons (Fsp3) is 1.00. The fourth-order valence-electron chi connectivity index (χ4n) is 3.05. The first-order valence-corrected chi connectivity index (χ1v) is 6.62.